The number of carboxylic acid groups (broad SMARTS) is 1. The first-order valence-electron chi connectivity index (χ1n) is 5.23. The molecule has 0 amide bonds. The molecule has 0 fully saturated rings. The van der Waals surface area contributed by atoms with Crippen molar-refractivity contribution in [2.75, 3.05) is 0 Å². The standard InChI is InChI=1S/C11H14N2O2S/c1-6(11(14)15)3-10-12-7(2)8-4-16-5-9(8)13-10/h6H,3-5H2,1-2H3,(H,14,15). The van der Waals surface area contributed by atoms with Gasteiger partial charge in [-0.15, -0.1) is 0 Å². The summed E-state index contributed by atoms with van der Waals surface area (Å²) in [5, 5.41) is 8.85. The molecule has 0 saturated carbocycles. The third-order valence-corrected chi connectivity index (χ3v) is 3.71. The number of aryl methyl sites for hydroxylation is 1. The van der Waals surface area contributed by atoms with Gasteiger partial charge in [-0.25, -0.2) is 9.97 Å². The highest BCUT2D eigenvalue weighted by Crippen LogP contribution is 2.30. The number of aromatic nitrogens is 2. The second-order valence-electron chi connectivity index (χ2n) is 4.09. The van der Waals surface area contributed by atoms with Crippen LogP contribution in [0.5, 0.6) is 0 Å². The van der Waals surface area contributed by atoms with Crippen molar-refractivity contribution in [2.24, 2.45) is 5.92 Å². The highest BCUT2D eigenvalue weighted by atomic mass is 32.2. The quantitative estimate of drug-likeness (QED) is 0.869. The summed E-state index contributed by atoms with van der Waals surface area (Å²) in [4.78, 5) is 19.6. The summed E-state index contributed by atoms with van der Waals surface area (Å²) in [5.74, 6) is 1.35. The SMILES string of the molecule is Cc1nc(CC(C)C(=O)O)nc2c1CSC2. The fourth-order valence-electron chi connectivity index (χ4n) is 1.73. The molecule has 0 radical (unpaired) electrons. The van der Waals surface area contributed by atoms with Crippen molar-refractivity contribution >= 4 is 17.7 Å². The van der Waals surface area contributed by atoms with Crippen molar-refractivity contribution < 1.29 is 9.90 Å². The van der Waals surface area contributed by atoms with Crippen molar-refractivity contribution in [1.82, 2.24) is 9.97 Å². The van der Waals surface area contributed by atoms with Gasteiger partial charge in [-0.2, -0.15) is 11.8 Å². The van der Waals surface area contributed by atoms with Crippen LogP contribution in [0.3, 0.4) is 0 Å². The van der Waals surface area contributed by atoms with Crippen LogP contribution in [-0.2, 0) is 22.7 Å². The molecule has 0 spiro atoms. The van der Waals surface area contributed by atoms with E-state index in [0.29, 0.717) is 12.2 Å². The van der Waals surface area contributed by atoms with E-state index in [-0.39, 0.29) is 0 Å². The first-order chi connectivity index (χ1) is 7.58. The van der Waals surface area contributed by atoms with E-state index in [4.69, 9.17) is 5.11 Å². The summed E-state index contributed by atoms with van der Waals surface area (Å²) in [6, 6.07) is 0. The molecule has 1 aliphatic rings. The van der Waals surface area contributed by atoms with Crippen molar-refractivity contribution in [1.29, 1.82) is 0 Å². The fourth-order valence-corrected chi connectivity index (χ4v) is 2.84. The molecule has 2 rings (SSSR count). The summed E-state index contributed by atoms with van der Waals surface area (Å²) in [6.45, 7) is 3.66. The summed E-state index contributed by atoms with van der Waals surface area (Å²) in [7, 11) is 0. The molecule has 0 bridgehead atoms. The van der Waals surface area contributed by atoms with E-state index >= 15 is 0 Å². The van der Waals surface area contributed by atoms with Gasteiger partial charge in [0.15, 0.2) is 0 Å². The molecule has 0 saturated heterocycles. The van der Waals surface area contributed by atoms with Gasteiger partial charge in [0.1, 0.15) is 5.82 Å². The van der Waals surface area contributed by atoms with Crippen LogP contribution in [-0.4, -0.2) is 21.0 Å². The van der Waals surface area contributed by atoms with Gasteiger partial charge in [-0.1, -0.05) is 6.92 Å². The summed E-state index contributed by atoms with van der Waals surface area (Å²) in [6.07, 6.45) is 0.411. The molecule has 5 heteroatoms. The number of nitrogens with zero attached hydrogens (tertiary/aromatic N) is 2. The molecule has 1 atom stereocenters. The van der Waals surface area contributed by atoms with Gasteiger partial charge in [0, 0.05) is 29.2 Å². The van der Waals surface area contributed by atoms with Crippen molar-refractivity contribution in [3.63, 3.8) is 0 Å². The van der Waals surface area contributed by atoms with Crippen molar-refractivity contribution in [3.8, 4) is 0 Å². The fraction of sp³-hybridized carbons (Fsp3) is 0.545. The normalized spacial score (nSPS) is 15.9. The van der Waals surface area contributed by atoms with Crippen LogP contribution >= 0.6 is 11.8 Å². The van der Waals surface area contributed by atoms with E-state index in [1.54, 1.807) is 6.92 Å². The van der Waals surface area contributed by atoms with Crippen LogP contribution in [0.1, 0.15) is 29.7 Å². The number of aliphatic carboxylic acids is 1. The van der Waals surface area contributed by atoms with E-state index in [2.05, 4.69) is 9.97 Å². The Labute approximate surface area is 98.5 Å². The first-order valence-corrected chi connectivity index (χ1v) is 6.39. The molecule has 0 aliphatic carbocycles. The first kappa shape index (κ1) is 11.4. The Hall–Kier alpha value is -1.10. The second-order valence-corrected chi connectivity index (χ2v) is 5.07. The van der Waals surface area contributed by atoms with Crippen LogP contribution < -0.4 is 0 Å². The number of carbonyl (C=O) groups is 1. The van der Waals surface area contributed by atoms with Gasteiger partial charge in [0.2, 0.25) is 0 Å². The summed E-state index contributed by atoms with van der Waals surface area (Å²) in [5.41, 5.74) is 3.32. The minimum atomic E-state index is -0.795. The predicted octanol–water partition coefficient (Wildman–Crippen LogP) is 1.80. The van der Waals surface area contributed by atoms with E-state index < -0.39 is 11.9 Å². The van der Waals surface area contributed by atoms with Gasteiger partial charge in [-0.05, 0) is 6.92 Å². The van der Waals surface area contributed by atoms with Gasteiger partial charge >= 0.3 is 5.97 Å². The van der Waals surface area contributed by atoms with Crippen LogP contribution in [0.4, 0.5) is 0 Å². The Bertz CT molecular complexity index is 434. The average Bonchev–Trinajstić information content (AvgIpc) is 2.65. The van der Waals surface area contributed by atoms with E-state index in [0.717, 1.165) is 22.9 Å². The molecule has 0 aromatic carbocycles. The lowest BCUT2D eigenvalue weighted by molar-refractivity contribution is -0.141. The van der Waals surface area contributed by atoms with E-state index in [1.807, 2.05) is 18.7 Å². The highest BCUT2D eigenvalue weighted by molar-refractivity contribution is 7.98. The second kappa shape index (κ2) is 4.41. The lowest BCUT2D eigenvalue weighted by atomic mass is 10.1. The Balaban J connectivity index is 2.23. The smallest absolute Gasteiger partial charge is 0.306 e. The number of hydrogen-bond acceptors (Lipinski definition) is 4. The zero-order chi connectivity index (χ0) is 11.7. The monoisotopic (exact) mass is 238 g/mol. The maximum absolute atomic E-state index is 10.8. The van der Waals surface area contributed by atoms with Gasteiger partial charge in [0.05, 0.1) is 11.6 Å². The average molecular weight is 238 g/mol. The molecular weight excluding hydrogens is 224 g/mol. The minimum absolute atomic E-state index is 0.411. The third-order valence-electron chi connectivity index (χ3n) is 2.74. The zero-order valence-corrected chi connectivity index (χ0v) is 10.2. The Kier molecular flexibility index (Phi) is 3.14. The lowest BCUT2D eigenvalue weighted by Crippen LogP contribution is -2.15. The highest BCUT2D eigenvalue weighted by Gasteiger charge is 2.19. The minimum Gasteiger partial charge on any atom is -0.481 e. The van der Waals surface area contributed by atoms with E-state index in [9.17, 15) is 4.79 Å². The number of carboxylic acids is 1. The third kappa shape index (κ3) is 2.19. The summed E-state index contributed by atoms with van der Waals surface area (Å²) < 4.78 is 0. The molecular formula is C11H14N2O2S. The Morgan fingerprint density at radius 2 is 2.25 bits per heavy atom. The molecule has 1 unspecified atom stereocenters. The molecule has 1 aliphatic heterocycles. The lowest BCUT2D eigenvalue weighted by Gasteiger charge is -2.08. The maximum Gasteiger partial charge on any atom is 0.306 e. The van der Waals surface area contributed by atoms with Crippen LogP contribution in [0.15, 0.2) is 0 Å². The van der Waals surface area contributed by atoms with Crippen molar-refractivity contribution in [3.05, 3.63) is 22.8 Å². The largest absolute Gasteiger partial charge is 0.481 e. The number of fused-ring (bicyclic) bond motifs is 1. The molecule has 1 aromatic heterocycles. The number of thioether (sulfide) groups is 1. The van der Waals surface area contributed by atoms with Gasteiger partial charge in [-0.3, -0.25) is 4.79 Å². The predicted molar refractivity (Wildman–Crippen MR) is 62.3 cm³/mol. The van der Waals surface area contributed by atoms with Gasteiger partial charge < -0.3 is 5.11 Å². The molecule has 1 N–H and O–H groups in total. The summed E-state index contributed by atoms with van der Waals surface area (Å²) >= 11 is 1.83. The molecule has 4 nitrogen and oxygen atoms in total. The van der Waals surface area contributed by atoms with Crippen LogP contribution in [0, 0.1) is 12.8 Å². The zero-order valence-electron chi connectivity index (χ0n) is 9.36. The maximum atomic E-state index is 10.8. The topological polar surface area (TPSA) is 63.1 Å². The van der Waals surface area contributed by atoms with E-state index in [1.165, 1.54) is 5.56 Å². The molecule has 86 valence electrons. The molecule has 2 heterocycles. The van der Waals surface area contributed by atoms with Crippen LogP contribution in [0.2, 0.25) is 0 Å². The number of rotatable bonds is 3. The van der Waals surface area contributed by atoms with Crippen LogP contribution in [0.25, 0.3) is 0 Å². The van der Waals surface area contributed by atoms with Gasteiger partial charge in [0.25, 0.3) is 0 Å². The van der Waals surface area contributed by atoms with Crippen molar-refractivity contribution in [2.45, 2.75) is 31.8 Å². The Morgan fingerprint density at radius 1 is 1.50 bits per heavy atom. The molecule has 16 heavy (non-hydrogen) atoms. The number of hydrogen-bond donors (Lipinski definition) is 1. The molecule has 1 aromatic rings. The Morgan fingerprint density at radius 3 is 2.94 bits per heavy atom.